The number of nitrogens with one attached hydrogen (secondary N) is 2. The van der Waals surface area contributed by atoms with E-state index in [0.29, 0.717) is 6.42 Å². The van der Waals surface area contributed by atoms with Crippen LogP contribution in [0.5, 0.6) is 0 Å². The predicted octanol–water partition coefficient (Wildman–Crippen LogP) is 4.53. The zero-order valence-corrected chi connectivity index (χ0v) is 25.1. The van der Waals surface area contributed by atoms with Crippen LogP contribution < -0.4 is 10.6 Å². The number of hydrogen-bond donors (Lipinski definition) is 2. The minimum absolute atomic E-state index is 0.0362. The molecule has 0 aromatic heterocycles. The number of carbonyl (C=O) groups excluding carboxylic acids is 4. The van der Waals surface area contributed by atoms with Gasteiger partial charge in [-0.25, -0.2) is 14.4 Å². The SMILES string of the molecule is C=CC1C[C@]1(NC(=O)C1C[C@@H](NC(=O)OCC2c3ccccc3-c3ccccc32)CN1C(=O)OC(C)(C)C)C(=O)OCC. The van der Waals surface area contributed by atoms with Crippen molar-refractivity contribution in [2.24, 2.45) is 5.92 Å². The first kappa shape index (κ1) is 30.1. The second kappa shape index (κ2) is 11.7. The topological polar surface area (TPSA) is 123 Å². The number of likely N-dealkylation sites (tertiary alicyclic amines) is 1. The third-order valence-corrected chi connectivity index (χ3v) is 8.18. The van der Waals surface area contributed by atoms with Crippen LogP contribution in [-0.4, -0.2) is 71.9 Å². The van der Waals surface area contributed by atoms with Crippen molar-refractivity contribution in [3.05, 3.63) is 72.3 Å². The van der Waals surface area contributed by atoms with Gasteiger partial charge in [0, 0.05) is 18.4 Å². The summed E-state index contributed by atoms with van der Waals surface area (Å²) in [6.45, 7) is 11.0. The summed E-state index contributed by atoms with van der Waals surface area (Å²) in [7, 11) is 0. The van der Waals surface area contributed by atoms with Crippen LogP contribution in [0.3, 0.4) is 0 Å². The minimum Gasteiger partial charge on any atom is -0.464 e. The maximum Gasteiger partial charge on any atom is 0.411 e. The van der Waals surface area contributed by atoms with E-state index in [9.17, 15) is 19.2 Å². The third-order valence-electron chi connectivity index (χ3n) is 8.18. The molecule has 1 aliphatic heterocycles. The maximum atomic E-state index is 13.6. The Hall–Kier alpha value is -4.34. The first-order chi connectivity index (χ1) is 20.5. The van der Waals surface area contributed by atoms with Crippen molar-refractivity contribution in [3.8, 4) is 11.1 Å². The molecular formula is C33H39N3O7. The van der Waals surface area contributed by atoms with E-state index in [0.717, 1.165) is 22.3 Å². The first-order valence-corrected chi connectivity index (χ1v) is 14.7. The van der Waals surface area contributed by atoms with Gasteiger partial charge in [0.15, 0.2) is 0 Å². The number of carbonyl (C=O) groups is 4. The molecule has 2 aromatic rings. The van der Waals surface area contributed by atoms with Crippen molar-refractivity contribution >= 4 is 24.1 Å². The van der Waals surface area contributed by atoms with Crippen LogP contribution in [0.2, 0.25) is 0 Å². The fourth-order valence-electron chi connectivity index (χ4n) is 6.08. The lowest BCUT2D eigenvalue weighted by atomic mass is 9.98. The standard InChI is InChI=1S/C33H39N3O7/c1-6-20-17-33(20,29(38)41-7-2)35-28(37)27-16-21(18-36(27)31(40)43-32(3,4)5)34-30(39)42-19-26-24-14-10-8-12-22(24)23-13-9-11-15-25(23)26/h6,8-15,20-21,26-27H,1,7,16-19H2,2-5H3,(H,34,39)(H,35,37)/t20?,21-,27?,33-/m1/s1. The van der Waals surface area contributed by atoms with Crippen molar-refractivity contribution in [3.63, 3.8) is 0 Å². The Morgan fingerprint density at radius 2 is 1.65 bits per heavy atom. The summed E-state index contributed by atoms with van der Waals surface area (Å²) in [6, 6.07) is 14.6. The Morgan fingerprint density at radius 3 is 2.21 bits per heavy atom. The quantitative estimate of drug-likeness (QED) is 0.264. The fraction of sp³-hybridized carbons (Fsp3) is 0.455. The number of amides is 3. The lowest BCUT2D eigenvalue weighted by Crippen LogP contribution is -2.53. The molecule has 1 saturated heterocycles. The highest BCUT2D eigenvalue weighted by atomic mass is 16.6. The number of rotatable bonds is 8. The van der Waals surface area contributed by atoms with Crippen LogP contribution in [0.25, 0.3) is 11.1 Å². The van der Waals surface area contributed by atoms with Gasteiger partial charge in [-0.3, -0.25) is 9.69 Å². The molecule has 10 nitrogen and oxygen atoms in total. The van der Waals surface area contributed by atoms with Gasteiger partial charge in [0.2, 0.25) is 5.91 Å². The molecular weight excluding hydrogens is 550 g/mol. The van der Waals surface area contributed by atoms with E-state index in [-0.39, 0.29) is 38.0 Å². The van der Waals surface area contributed by atoms with Crippen LogP contribution in [0.15, 0.2) is 61.2 Å². The summed E-state index contributed by atoms with van der Waals surface area (Å²) in [4.78, 5) is 53.7. The van der Waals surface area contributed by atoms with E-state index >= 15 is 0 Å². The molecule has 3 aliphatic rings. The third kappa shape index (κ3) is 6.09. The predicted molar refractivity (Wildman–Crippen MR) is 159 cm³/mol. The molecule has 0 spiro atoms. The molecule has 2 unspecified atom stereocenters. The van der Waals surface area contributed by atoms with E-state index < -0.39 is 47.3 Å². The number of nitrogens with zero attached hydrogens (tertiary/aromatic N) is 1. The Labute approximate surface area is 251 Å². The normalized spacial score (nSPS) is 23.9. The molecule has 0 bridgehead atoms. The van der Waals surface area contributed by atoms with Crippen molar-refractivity contribution in [2.75, 3.05) is 19.8 Å². The van der Waals surface area contributed by atoms with Gasteiger partial charge in [0.25, 0.3) is 0 Å². The number of hydrogen-bond acceptors (Lipinski definition) is 7. The van der Waals surface area contributed by atoms with Gasteiger partial charge in [0.05, 0.1) is 12.6 Å². The highest BCUT2D eigenvalue weighted by Crippen LogP contribution is 2.46. The number of fused-ring (bicyclic) bond motifs is 3. The maximum absolute atomic E-state index is 13.6. The lowest BCUT2D eigenvalue weighted by Gasteiger charge is -2.29. The van der Waals surface area contributed by atoms with Crippen LogP contribution >= 0.6 is 0 Å². The minimum atomic E-state index is -1.22. The van der Waals surface area contributed by atoms with E-state index in [1.165, 1.54) is 4.90 Å². The molecule has 2 fully saturated rings. The zero-order valence-electron chi connectivity index (χ0n) is 25.1. The second-order valence-corrected chi connectivity index (χ2v) is 12.3. The van der Waals surface area contributed by atoms with Gasteiger partial charge in [-0.15, -0.1) is 6.58 Å². The summed E-state index contributed by atoms with van der Waals surface area (Å²) in [5.74, 6) is -1.45. The summed E-state index contributed by atoms with van der Waals surface area (Å²) >= 11 is 0. The van der Waals surface area contributed by atoms with Crippen molar-refractivity contribution in [2.45, 2.75) is 69.7 Å². The Kier molecular flexibility index (Phi) is 8.23. The van der Waals surface area contributed by atoms with Crippen molar-refractivity contribution in [1.82, 2.24) is 15.5 Å². The fourth-order valence-corrected chi connectivity index (χ4v) is 6.08. The number of ether oxygens (including phenoxy) is 3. The lowest BCUT2D eigenvalue weighted by molar-refractivity contribution is -0.149. The Bertz CT molecular complexity index is 1390. The van der Waals surface area contributed by atoms with Gasteiger partial charge < -0.3 is 24.8 Å². The van der Waals surface area contributed by atoms with Gasteiger partial charge in [-0.05, 0) is 62.8 Å². The molecule has 10 heteroatoms. The van der Waals surface area contributed by atoms with Crippen LogP contribution in [0, 0.1) is 5.92 Å². The van der Waals surface area contributed by atoms with Crippen LogP contribution in [-0.2, 0) is 23.8 Å². The number of esters is 1. The summed E-state index contributed by atoms with van der Waals surface area (Å²) in [5.41, 5.74) is 2.43. The molecule has 5 rings (SSSR count). The van der Waals surface area contributed by atoms with Crippen LogP contribution in [0.4, 0.5) is 9.59 Å². The average Bonchev–Trinajstić information content (AvgIpc) is 3.35. The van der Waals surface area contributed by atoms with E-state index in [1.807, 2.05) is 36.4 Å². The zero-order chi connectivity index (χ0) is 30.9. The average molecular weight is 590 g/mol. The molecule has 2 N–H and O–H groups in total. The number of benzene rings is 2. The van der Waals surface area contributed by atoms with Gasteiger partial charge >= 0.3 is 18.2 Å². The van der Waals surface area contributed by atoms with E-state index in [4.69, 9.17) is 14.2 Å². The smallest absolute Gasteiger partial charge is 0.411 e. The second-order valence-electron chi connectivity index (χ2n) is 12.3. The van der Waals surface area contributed by atoms with Crippen LogP contribution in [0.1, 0.15) is 57.6 Å². The number of alkyl carbamates (subject to hydrolysis) is 1. The highest BCUT2D eigenvalue weighted by molar-refractivity contribution is 5.95. The molecule has 3 amide bonds. The van der Waals surface area contributed by atoms with Gasteiger partial charge in [-0.2, -0.15) is 0 Å². The summed E-state index contributed by atoms with van der Waals surface area (Å²) in [5, 5.41) is 5.65. The Balaban J connectivity index is 1.26. The summed E-state index contributed by atoms with van der Waals surface area (Å²) < 4.78 is 16.5. The molecule has 0 radical (unpaired) electrons. The molecule has 2 aromatic carbocycles. The van der Waals surface area contributed by atoms with Gasteiger partial charge in [0.1, 0.15) is 23.8 Å². The molecule has 1 heterocycles. The first-order valence-electron chi connectivity index (χ1n) is 14.7. The monoisotopic (exact) mass is 589 g/mol. The molecule has 2 aliphatic carbocycles. The largest absolute Gasteiger partial charge is 0.464 e. The van der Waals surface area contributed by atoms with Gasteiger partial charge in [-0.1, -0.05) is 54.6 Å². The van der Waals surface area contributed by atoms with Crippen molar-refractivity contribution in [1.29, 1.82) is 0 Å². The summed E-state index contributed by atoms with van der Waals surface area (Å²) in [6.07, 6.45) is 0.757. The highest BCUT2D eigenvalue weighted by Gasteiger charge is 2.62. The van der Waals surface area contributed by atoms with E-state index in [1.54, 1.807) is 33.8 Å². The van der Waals surface area contributed by atoms with Crippen molar-refractivity contribution < 1.29 is 33.4 Å². The Morgan fingerprint density at radius 1 is 1.02 bits per heavy atom. The molecule has 228 valence electrons. The molecule has 43 heavy (non-hydrogen) atoms. The molecule has 4 atom stereocenters. The van der Waals surface area contributed by atoms with E-state index in [2.05, 4.69) is 29.3 Å². The molecule has 1 saturated carbocycles.